The Morgan fingerprint density at radius 1 is 1.00 bits per heavy atom. The summed E-state index contributed by atoms with van der Waals surface area (Å²) in [7, 11) is 0. The molecule has 2 aliphatic rings. The molecule has 0 saturated heterocycles. The van der Waals surface area contributed by atoms with Crippen LogP contribution in [0.15, 0.2) is 5.16 Å². The molecule has 3 heteroatoms. The van der Waals surface area contributed by atoms with Gasteiger partial charge in [0.15, 0.2) is 0 Å². The lowest BCUT2D eigenvalue weighted by Gasteiger charge is -2.21. The summed E-state index contributed by atoms with van der Waals surface area (Å²) in [4.78, 5) is 16.9. The van der Waals surface area contributed by atoms with Crippen LogP contribution >= 0.6 is 0 Å². The molecule has 2 fully saturated rings. The summed E-state index contributed by atoms with van der Waals surface area (Å²) in [5.41, 5.74) is 1.01. The average molecular weight is 265 g/mol. The van der Waals surface area contributed by atoms with Crippen LogP contribution < -0.4 is 0 Å². The molecule has 0 aliphatic heterocycles. The Labute approximate surface area is 116 Å². The Morgan fingerprint density at radius 3 is 2.21 bits per heavy atom. The van der Waals surface area contributed by atoms with E-state index < -0.39 is 0 Å². The van der Waals surface area contributed by atoms with Gasteiger partial charge in [0.25, 0.3) is 0 Å². The van der Waals surface area contributed by atoms with Crippen molar-refractivity contribution >= 4 is 11.7 Å². The van der Waals surface area contributed by atoms with E-state index in [1.807, 2.05) is 6.92 Å². The van der Waals surface area contributed by atoms with Crippen LogP contribution in [0.1, 0.15) is 77.6 Å². The van der Waals surface area contributed by atoms with Crippen molar-refractivity contribution in [1.29, 1.82) is 0 Å². The highest BCUT2D eigenvalue weighted by Gasteiger charge is 2.19. The number of hydrogen-bond acceptors (Lipinski definition) is 3. The van der Waals surface area contributed by atoms with Crippen molar-refractivity contribution in [3.63, 3.8) is 0 Å². The fourth-order valence-electron chi connectivity index (χ4n) is 3.38. The first-order chi connectivity index (χ1) is 9.25. The minimum absolute atomic E-state index is 0.137. The van der Waals surface area contributed by atoms with Gasteiger partial charge in [0.2, 0.25) is 0 Å². The molecule has 0 aromatic heterocycles. The van der Waals surface area contributed by atoms with E-state index >= 15 is 0 Å². The molecular weight excluding hydrogens is 238 g/mol. The minimum Gasteiger partial charge on any atom is -0.318 e. The smallest absolute Gasteiger partial charge is 0.318 e. The summed E-state index contributed by atoms with van der Waals surface area (Å²) in [5, 5.41) is 4.08. The van der Waals surface area contributed by atoms with E-state index in [4.69, 9.17) is 4.84 Å². The second-order valence-electron chi connectivity index (χ2n) is 6.24. The Hall–Kier alpha value is -0.860. The van der Waals surface area contributed by atoms with Crippen molar-refractivity contribution in [2.24, 2.45) is 17.0 Å². The van der Waals surface area contributed by atoms with Crippen LogP contribution in [0.5, 0.6) is 0 Å². The summed E-state index contributed by atoms with van der Waals surface area (Å²) >= 11 is 0. The van der Waals surface area contributed by atoms with Gasteiger partial charge in [0, 0.05) is 5.92 Å². The third-order valence-electron chi connectivity index (χ3n) is 4.67. The number of hydrogen-bond donors (Lipinski definition) is 0. The average Bonchev–Trinajstić information content (AvgIpc) is 2.47. The molecule has 3 nitrogen and oxygen atoms in total. The molecule has 2 saturated carbocycles. The summed E-state index contributed by atoms with van der Waals surface area (Å²) in [6, 6.07) is 0. The standard InChI is InChI=1S/C16H27NO2/c1-13(15-10-6-3-7-11-15)17-19-16(18)12-14-8-4-2-5-9-14/h14-15H,2-12H2,1H3/b17-13-. The second kappa shape index (κ2) is 7.66. The van der Waals surface area contributed by atoms with Crippen molar-refractivity contribution in [3.05, 3.63) is 0 Å². The summed E-state index contributed by atoms with van der Waals surface area (Å²) in [6.07, 6.45) is 13.1. The van der Waals surface area contributed by atoms with Gasteiger partial charge in [0.05, 0.1) is 12.1 Å². The van der Waals surface area contributed by atoms with Gasteiger partial charge in [0.1, 0.15) is 0 Å². The van der Waals surface area contributed by atoms with Crippen LogP contribution in [0.4, 0.5) is 0 Å². The highest BCUT2D eigenvalue weighted by atomic mass is 16.7. The lowest BCUT2D eigenvalue weighted by molar-refractivity contribution is -0.145. The van der Waals surface area contributed by atoms with Crippen LogP contribution in [-0.2, 0) is 9.63 Å². The Bertz CT molecular complexity index is 313. The molecule has 2 aliphatic carbocycles. The molecular formula is C16H27NO2. The summed E-state index contributed by atoms with van der Waals surface area (Å²) in [5.74, 6) is 0.935. The van der Waals surface area contributed by atoms with E-state index in [2.05, 4.69) is 5.16 Å². The molecule has 0 bridgehead atoms. The van der Waals surface area contributed by atoms with Crippen molar-refractivity contribution < 1.29 is 9.63 Å². The lowest BCUT2D eigenvalue weighted by Crippen LogP contribution is -2.17. The Balaban J connectivity index is 1.71. The largest absolute Gasteiger partial charge is 0.335 e. The first-order valence-electron chi connectivity index (χ1n) is 8.00. The number of oxime groups is 1. The first kappa shape index (κ1) is 14.5. The first-order valence-corrected chi connectivity index (χ1v) is 8.00. The molecule has 2 rings (SSSR count). The van der Waals surface area contributed by atoms with Crippen LogP contribution in [0.3, 0.4) is 0 Å². The fraction of sp³-hybridized carbons (Fsp3) is 0.875. The third kappa shape index (κ3) is 4.96. The van der Waals surface area contributed by atoms with Crippen molar-refractivity contribution in [2.45, 2.75) is 77.6 Å². The lowest BCUT2D eigenvalue weighted by atomic mass is 9.86. The zero-order valence-corrected chi connectivity index (χ0v) is 12.2. The molecule has 0 heterocycles. The van der Waals surface area contributed by atoms with Crippen molar-refractivity contribution in [1.82, 2.24) is 0 Å². The van der Waals surface area contributed by atoms with Gasteiger partial charge >= 0.3 is 5.97 Å². The Kier molecular flexibility index (Phi) is 5.87. The molecule has 0 unspecified atom stereocenters. The van der Waals surface area contributed by atoms with E-state index in [1.54, 1.807) is 0 Å². The van der Waals surface area contributed by atoms with E-state index in [1.165, 1.54) is 64.2 Å². The molecule has 0 aromatic carbocycles. The number of carbonyl (C=O) groups is 1. The molecule has 0 aromatic rings. The number of rotatable bonds is 4. The number of carbonyl (C=O) groups excluding carboxylic acids is 1. The SMILES string of the molecule is C/C(=N/OC(=O)CC1CCCCC1)C1CCCCC1. The van der Waals surface area contributed by atoms with Gasteiger partial charge in [-0.25, -0.2) is 4.79 Å². The Morgan fingerprint density at radius 2 is 1.58 bits per heavy atom. The predicted octanol–water partition coefficient (Wildman–Crippen LogP) is 4.46. The van der Waals surface area contributed by atoms with Gasteiger partial charge < -0.3 is 4.84 Å². The van der Waals surface area contributed by atoms with Gasteiger partial charge in [-0.1, -0.05) is 43.7 Å². The molecule has 0 spiro atoms. The topological polar surface area (TPSA) is 38.7 Å². The van der Waals surface area contributed by atoms with Crippen molar-refractivity contribution in [3.8, 4) is 0 Å². The monoisotopic (exact) mass is 265 g/mol. The van der Waals surface area contributed by atoms with Gasteiger partial charge in [-0.3, -0.25) is 0 Å². The summed E-state index contributed by atoms with van der Waals surface area (Å²) in [6.45, 7) is 2.00. The molecule has 0 atom stereocenters. The highest BCUT2D eigenvalue weighted by molar-refractivity contribution is 5.84. The van der Waals surface area contributed by atoms with Crippen LogP contribution in [0.25, 0.3) is 0 Å². The fourth-order valence-corrected chi connectivity index (χ4v) is 3.38. The van der Waals surface area contributed by atoms with Crippen LogP contribution in [-0.4, -0.2) is 11.7 Å². The summed E-state index contributed by atoms with van der Waals surface area (Å²) < 4.78 is 0. The zero-order chi connectivity index (χ0) is 13.5. The third-order valence-corrected chi connectivity index (χ3v) is 4.67. The zero-order valence-electron chi connectivity index (χ0n) is 12.2. The van der Waals surface area contributed by atoms with Crippen LogP contribution in [0.2, 0.25) is 0 Å². The minimum atomic E-state index is -0.137. The highest BCUT2D eigenvalue weighted by Crippen LogP contribution is 2.27. The predicted molar refractivity (Wildman–Crippen MR) is 77.0 cm³/mol. The maximum atomic E-state index is 11.8. The molecule has 108 valence electrons. The van der Waals surface area contributed by atoms with E-state index in [0.717, 1.165) is 5.71 Å². The molecule has 0 N–H and O–H groups in total. The molecule has 0 amide bonds. The maximum absolute atomic E-state index is 11.8. The second-order valence-corrected chi connectivity index (χ2v) is 6.24. The van der Waals surface area contributed by atoms with E-state index in [-0.39, 0.29) is 5.97 Å². The van der Waals surface area contributed by atoms with E-state index in [9.17, 15) is 4.79 Å². The number of nitrogens with zero attached hydrogens (tertiary/aromatic N) is 1. The van der Waals surface area contributed by atoms with Gasteiger partial charge in [-0.05, 0) is 38.5 Å². The van der Waals surface area contributed by atoms with Crippen molar-refractivity contribution in [2.75, 3.05) is 0 Å². The van der Waals surface area contributed by atoms with E-state index in [0.29, 0.717) is 18.3 Å². The van der Waals surface area contributed by atoms with Crippen LogP contribution in [0, 0.1) is 11.8 Å². The maximum Gasteiger partial charge on any atom is 0.335 e. The quantitative estimate of drug-likeness (QED) is 0.428. The van der Waals surface area contributed by atoms with Gasteiger partial charge in [-0.2, -0.15) is 0 Å². The molecule has 19 heavy (non-hydrogen) atoms. The molecule has 0 radical (unpaired) electrons. The normalized spacial score (nSPS) is 23.3. The van der Waals surface area contributed by atoms with Gasteiger partial charge in [-0.15, -0.1) is 0 Å².